The Balaban J connectivity index is 3.02. The first-order valence-electron chi connectivity index (χ1n) is 4.91. The maximum atomic E-state index is 11.2. The summed E-state index contributed by atoms with van der Waals surface area (Å²) < 4.78 is 4.52. The second kappa shape index (κ2) is 5.24. The Morgan fingerprint density at radius 3 is 2.82 bits per heavy atom. The monoisotopic (exact) mass is 239 g/mol. The molecule has 1 aromatic heterocycles. The SMILES string of the molecule is COC(=O)C(C)Nc1nccc(C)c1[N+](=O)[O-]. The number of nitro groups is 1. The first-order valence-corrected chi connectivity index (χ1v) is 4.91. The van der Waals surface area contributed by atoms with E-state index in [0.29, 0.717) is 5.56 Å². The second-order valence-corrected chi connectivity index (χ2v) is 3.47. The number of ether oxygens (including phenoxy) is 1. The molecule has 0 aliphatic carbocycles. The highest BCUT2D eigenvalue weighted by molar-refractivity contribution is 5.79. The molecular weight excluding hydrogens is 226 g/mol. The number of pyridine rings is 1. The summed E-state index contributed by atoms with van der Waals surface area (Å²) in [6.45, 7) is 3.15. The molecule has 0 fully saturated rings. The van der Waals surface area contributed by atoms with E-state index in [4.69, 9.17) is 0 Å². The van der Waals surface area contributed by atoms with Crippen molar-refractivity contribution in [2.75, 3.05) is 12.4 Å². The van der Waals surface area contributed by atoms with Gasteiger partial charge in [-0.25, -0.2) is 9.78 Å². The minimum atomic E-state index is -0.701. The van der Waals surface area contributed by atoms with Crippen molar-refractivity contribution >= 4 is 17.5 Å². The molecule has 1 N–H and O–H groups in total. The van der Waals surface area contributed by atoms with Crippen LogP contribution in [0.1, 0.15) is 12.5 Å². The molecular formula is C10H13N3O4. The topological polar surface area (TPSA) is 94.4 Å². The third-order valence-electron chi connectivity index (χ3n) is 2.22. The molecule has 1 aromatic rings. The molecule has 0 bridgehead atoms. The highest BCUT2D eigenvalue weighted by Crippen LogP contribution is 2.25. The normalized spacial score (nSPS) is 11.7. The van der Waals surface area contributed by atoms with Crippen LogP contribution >= 0.6 is 0 Å². The highest BCUT2D eigenvalue weighted by atomic mass is 16.6. The zero-order valence-electron chi connectivity index (χ0n) is 9.76. The molecule has 7 nitrogen and oxygen atoms in total. The van der Waals surface area contributed by atoms with Crippen molar-refractivity contribution in [1.29, 1.82) is 0 Å². The van der Waals surface area contributed by atoms with E-state index in [1.807, 2.05) is 0 Å². The molecule has 0 aromatic carbocycles. The number of nitrogens with zero attached hydrogens (tertiary/aromatic N) is 2. The largest absolute Gasteiger partial charge is 0.467 e. The fourth-order valence-corrected chi connectivity index (χ4v) is 1.33. The average molecular weight is 239 g/mol. The summed E-state index contributed by atoms with van der Waals surface area (Å²) in [7, 11) is 1.25. The van der Waals surface area contributed by atoms with Crippen molar-refractivity contribution < 1.29 is 14.5 Å². The predicted octanol–water partition coefficient (Wildman–Crippen LogP) is 1.27. The van der Waals surface area contributed by atoms with Crippen LogP contribution in [0.5, 0.6) is 0 Å². The molecule has 7 heteroatoms. The number of carbonyl (C=O) groups is 1. The Hall–Kier alpha value is -2.18. The molecule has 0 amide bonds. The van der Waals surface area contributed by atoms with Gasteiger partial charge in [0.1, 0.15) is 6.04 Å². The lowest BCUT2D eigenvalue weighted by Gasteiger charge is -2.12. The lowest BCUT2D eigenvalue weighted by molar-refractivity contribution is -0.384. The van der Waals surface area contributed by atoms with Crippen molar-refractivity contribution in [2.24, 2.45) is 0 Å². The fraction of sp³-hybridized carbons (Fsp3) is 0.400. The molecule has 0 spiro atoms. The number of carbonyl (C=O) groups excluding carboxylic acids is 1. The number of hydrogen-bond donors (Lipinski definition) is 1. The Labute approximate surface area is 98.0 Å². The second-order valence-electron chi connectivity index (χ2n) is 3.47. The van der Waals surface area contributed by atoms with Crippen molar-refractivity contribution in [3.8, 4) is 0 Å². The van der Waals surface area contributed by atoms with Crippen LogP contribution in [0.2, 0.25) is 0 Å². The molecule has 0 saturated carbocycles. The number of rotatable bonds is 4. The van der Waals surface area contributed by atoms with Gasteiger partial charge in [0.25, 0.3) is 0 Å². The van der Waals surface area contributed by atoms with Gasteiger partial charge in [0.15, 0.2) is 0 Å². The van der Waals surface area contributed by atoms with E-state index in [9.17, 15) is 14.9 Å². The minimum absolute atomic E-state index is 0.0629. The number of aromatic nitrogens is 1. The van der Waals surface area contributed by atoms with Crippen LogP contribution in [0.3, 0.4) is 0 Å². The van der Waals surface area contributed by atoms with E-state index in [1.165, 1.54) is 19.4 Å². The number of nitrogens with one attached hydrogen (secondary N) is 1. The number of anilines is 1. The van der Waals surface area contributed by atoms with Crippen molar-refractivity contribution in [3.63, 3.8) is 0 Å². The van der Waals surface area contributed by atoms with Gasteiger partial charge >= 0.3 is 11.7 Å². The molecule has 1 unspecified atom stereocenters. The van der Waals surface area contributed by atoms with Crippen molar-refractivity contribution in [1.82, 2.24) is 4.98 Å². The summed E-state index contributed by atoms with van der Waals surface area (Å²) in [5.41, 5.74) is 0.341. The van der Waals surface area contributed by atoms with Gasteiger partial charge < -0.3 is 10.1 Å². The van der Waals surface area contributed by atoms with E-state index in [1.54, 1.807) is 13.8 Å². The summed E-state index contributed by atoms with van der Waals surface area (Å²) in [6, 6.07) is 0.833. The third kappa shape index (κ3) is 2.90. The van der Waals surface area contributed by atoms with Crippen LogP contribution in [-0.2, 0) is 9.53 Å². The molecule has 1 atom stereocenters. The van der Waals surface area contributed by atoms with Crippen LogP contribution < -0.4 is 5.32 Å². The van der Waals surface area contributed by atoms with E-state index in [-0.39, 0.29) is 11.5 Å². The Morgan fingerprint density at radius 1 is 1.65 bits per heavy atom. The molecule has 1 heterocycles. The lowest BCUT2D eigenvalue weighted by atomic mass is 10.2. The number of hydrogen-bond acceptors (Lipinski definition) is 6. The standard InChI is InChI=1S/C10H13N3O4/c1-6-4-5-11-9(8(6)13(15)16)12-7(2)10(14)17-3/h4-5,7H,1-3H3,(H,11,12). The first-order chi connectivity index (χ1) is 7.97. The summed E-state index contributed by atoms with van der Waals surface area (Å²) in [5.74, 6) is -0.449. The van der Waals surface area contributed by atoms with Gasteiger partial charge in [0.2, 0.25) is 5.82 Å². The third-order valence-corrected chi connectivity index (χ3v) is 2.22. The van der Waals surface area contributed by atoms with Crippen molar-refractivity contribution in [2.45, 2.75) is 19.9 Å². The number of aryl methyl sites for hydroxylation is 1. The highest BCUT2D eigenvalue weighted by Gasteiger charge is 2.22. The average Bonchev–Trinajstić information content (AvgIpc) is 2.27. The molecule has 92 valence electrons. The summed E-state index contributed by atoms with van der Waals surface area (Å²) in [6.07, 6.45) is 1.44. The van der Waals surface area contributed by atoms with Gasteiger partial charge in [-0.1, -0.05) is 0 Å². The lowest BCUT2D eigenvalue weighted by Crippen LogP contribution is -2.28. The van der Waals surface area contributed by atoms with Crippen molar-refractivity contribution in [3.05, 3.63) is 27.9 Å². The molecule has 17 heavy (non-hydrogen) atoms. The zero-order valence-corrected chi connectivity index (χ0v) is 9.76. The Kier molecular flexibility index (Phi) is 3.97. The Bertz CT molecular complexity index is 447. The maximum absolute atomic E-state index is 11.2. The first kappa shape index (κ1) is 12.9. The van der Waals surface area contributed by atoms with Gasteiger partial charge in [0.05, 0.1) is 12.0 Å². The maximum Gasteiger partial charge on any atom is 0.328 e. The smallest absolute Gasteiger partial charge is 0.328 e. The summed E-state index contributed by atoms with van der Waals surface area (Å²) >= 11 is 0. The molecule has 1 rings (SSSR count). The fourth-order valence-electron chi connectivity index (χ4n) is 1.33. The van der Waals surface area contributed by atoms with E-state index in [2.05, 4.69) is 15.0 Å². The number of methoxy groups -OCH3 is 1. The quantitative estimate of drug-likeness (QED) is 0.483. The minimum Gasteiger partial charge on any atom is -0.467 e. The molecule has 0 aliphatic heterocycles. The van der Waals surface area contributed by atoms with Crippen LogP contribution in [0.15, 0.2) is 12.3 Å². The van der Waals surface area contributed by atoms with Gasteiger partial charge in [-0.15, -0.1) is 0 Å². The number of esters is 1. The van der Waals surface area contributed by atoms with Gasteiger partial charge in [-0.2, -0.15) is 0 Å². The van der Waals surface area contributed by atoms with Crippen LogP contribution in [0.4, 0.5) is 11.5 Å². The molecule has 0 radical (unpaired) electrons. The van der Waals surface area contributed by atoms with Crippen LogP contribution in [-0.4, -0.2) is 29.0 Å². The predicted molar refractivity (Wildman–Crippen MR) is 60.7 cm³/mol. The summed E-state index contributed by atoms with van der Waals surface area (Å²) in [4.78, 5) is 25.4. The molecule has 0 saturated heterocycles. The van der Waals surface area contributed by atoms with E-state index in [0.717, 1.165) is 0 Å². The zero-order chi connectivity index (χ0) is 13.0. The van der Waals surface area contributed by atoms with Gasteiger partial charge in [-0.05, 0) is 19.9 Å². The summed E-state index contributed by atoms with van der Waals surface area (Å²) in [5, 5.41) is 13.5. The van der Waals surface area contributed by atoms with E-state index < -0.39 is 16.9 Å². The van der Waals surface area contributed by atoms with Crippen LogP contribution in [0, 0.1) is 17.0 Å². The van der Waals surface area contributed by atoms with Gasteiger partial charge in [-0.3, -0.25) is 10.1 Å². The van der Waals surface area contributed by atoms with Gasteiger partial charge in [0, 0.05) is 11.8 Å². The van der Waals surface area contributed by atoms with E-state index >= 15 is 0 Å². The molecule has 0 aliphatic rings. The Morgan fingerprint density at radius 2 is 2.29 bits per heavy atom. The van der Waals surface area contributed by atoms with Crippen LogP contribution in [0.25, 0.3) is 0 Å².